The lowest BCUT2D eigenvalue weighted by atomic mass is 9.96. The molecule has 0 radical (unpaired) electrons. The Hall–Kier alpha value is -2.26. The minimum atomic E-state index is -0.156. The summed E-state index contributed by atoms with van der Waals surface area (Å²) in [6, 6.07) is 0. The minimum Gasteiger partial charge on any atom is -0.480 e. The normalized spacial score (nSPS) is 16.4. The topological polar surface area (TPSA) is 93.7 Å². The van der Waals surface area contributed by atoms with E-state index in [1.807, 2.05) is 6.92 Å². The zero-order valence-corrected chi connectivity index (χ0v) is 20.3. The number of aromatic nitrogens is 2. The fourth-order valence-electron chi connectivity index (χ4n) is 4.12. The number of hydrogen-bond donors (Lipinski definition) is 1. The van der Waals surface area contributed by atoms with Gasteiger partial charge in [-0.05, 0) is 31.7 Å². The Morgan fingerprint density at radius 3 is 2.75 bits per heavy atom. The molecule has 1 atom stereocenters. The Morgan fingerprint density at radius 1 is 1.22 bits per heavy atom. The van der Waals surface area contributed by atoms with Gasteiger partial charge in [-0.1, -0.05) is 26.2 Å². The lowest BCUT2D eigenvalue weighted by Gasteiger charge is -2.32. The van der Waals surface area contributed by atoms with E-state index < -0.39 is 0 Å². The number of thiophene rings is 1. The first kappa shape index (κ1) is 24.4. The van der Waals surface area contributed by atoms with Crippen LogP contribution in [0.2, 0.25) is 0 Å². The fourth-order valence-corrected chi connectivity index (χ4v) is 5.27. The molecule has 8 nitrogen and oxygen atoms in total. The molecule has 9 heteroatoms. The summed E-state index contributed by atoms with van der Waals surface area (Å²) in [7, 11) is 3.15. The lowest BCUT2D eigenvalue weighted by Crippen LogP contribution is -2.45. The average molecular weight is 463 g/mol. The van der Waals surface area contributed by atoms with Crippen molar-refractivity contribution < 1.29 is 19.1 Å². The second-order valence-corrected chi connectivity index (χ2v) is 9.26. The van der Waals surface area contributed by atoms with Crippen LogP contribution in [0.25, 0.3) is 10.2 Å². The number of aryl methyl sites for hydroxylation is 1. The van der Waals surface area contributed by atoms with E-state index >= 15 is 0 Å². The van der Waals surface area contributed by atoms with Crippen molar-refractivity contribution in [2.24, 2.45) is 5.92 Å². The standard InChI is InChI=1S/C23H34N4O4S/c1-5-6-7-8-11-24-20(28)16-10-9-12-27(13-16)23(29)19-15(2)18-21(31-4)25-17(14-30-3)26-22(18)32-19/h16H,5-14H2,1-4H3,(H,24,28). The summed E-state index contributed by atoms with van der Waals surface area (Å²) in [4.78, 5) is 38.1. The molecule has 0 saturated carbocycles. The molecule has 2 aromatic heterocycles. The molecule has 0 bridgehead atoms. The number of likely N-dealkylation sites (tertiary alicyclic amines) is 1. The Bertz CT molecular complexity index is 946. The van der Waals surface area contributed by atoms with Gasteiger partial charge in [-0.3, -0.25) is 9.59 Å². The van der Waals surface area contributed by atoms with Crippen LogP contribution in [0.5, 0.6) is 5.88 Å². The molecule has 1 fully saturated rings. The molecule has 1 unspecified atom stereocenters. The molecule has 0 spiro atoms. The van der Waals surface area contributed by atoms with Crippen molar-refractivity contribution in [1.82, 2.24) is 20.2 Å². The summed E-state index contributed by atoms with van der Waals surface area (Å²) in [5.41, 5.74) is 0.818. The minimum absolute atomic E-state index is 0.0544. The van der Waals surface area contributed by atoms with Crippen LogP contribution in [0.15, 0.2) is 0 Å². The molecule has 176 valence electrons. The van der Waals surface area contributed by atoms with Crippen LogP contribution in [0.4, 0.5) is 0 Å². The van der Waals surface area contributed by atoms with E-state index in [0.717, 1.165) is 36.6 Å². The number of carbonyl (C=O) groups is 2. The van der Waals surface area contributed by atoms with Crippen LogP contribution in [-0.4, -0.2) is 60.5 Å². The predicted octanol–water partition coefficient (Wildman–Crippen LogP) is 3.70. The third kappa shape index (κ3) is 5.56. The van der Waals surface area contributed by atoms with Crippen LogP contribution in [0, 0.1) is 12.8 Å². The number of piperidine rings is 1. The summed E-state index contributed by atoms with van der Waals surface area (Å²) >= 11 is 1.35. The maximum atomic E-state index is 13.4. The van der Waals surface area contributed by atoms with Gasteiger partial charge in [-0.25, -0.2) is 4.98 Å². The van der Waals surface area contributed by atoms with Gasteiger partial charge in [-0.15, -0.1) is 11.3 Å². The summed E-state index contributed by atoms with van der Waals surface area (Å²) in [5.74, 6) is 0.820. The Kier molecular flexibility index (Phi) is 8.81. The molecule has 3 rings (SSSR count). The molecule has 0 aliphatic carbocycles. The predicted molar refractivity (Wildman–Crippen MR) is 125 cm³/mol. The maximum absolute atomic E-state index is 13.4. The molecular formula is C23H34N4O4S. The van der Waals surface area contributed by atoms with Gasteiger partial charge in [0.2, 0.25) is 11.8 Å². The van der Waals surface area contributed by atoms with Gasteiger partial charge in [-0.2, -0.15) is 4.98 Å². The number of methoxy groups -OCH3 is 2. The highest BCUT2D eigenvalue weighted by Crippen LogP contribution is 2.36. The molecule has 2 aromatic rings. The highest BCUT2D eigenvalue weighted by Gasteiger charge is 2.31. The second kappa shape index (κ2) is 11.6. The largest absolute Gasteiger partial charge is 0.480 e. The number of amides is 2. The van der Waals surface area contributed by atoms with Crippen molar-refractivity contribution in [2.75, 3.05) is 33.9 Å². The van der Waals surface area contributed by atoms with Gasteiger partial charge >= 0.3 is 0 Å². The molecule has 1 N–H and O–H groups in total. The number of unbranched alkanes of at least 4 members (excludes halogenated alkanes) is 3. The van der Waals surface area contributed by atoms with Crippen molar-refractivity contribution in [1.29, 1.82) is 0 Å². The second-order valence-electron chi connectivity index (χ2n) is 8.26. The summed E-state index contributed by atoms with van der Waals surface area (Å²) in [6.07, 6.45) is 6.15. The number of ether oxygens (including phenoxy) is 2. The van der Waals surface area contributed by atoms with Crippen molar-refractivity contribution in [3.63, 3.8) is 0 Å². The first-order valence-corrected chi connectivity index (χ1v) is 12.2. The summed E-state index contributed by atoms with van der Waals surface area (Å²) < 4.78 is 10.6. The zero-order chi connectivity index (χ0) is 23.1. The summed E-state index contributed by atoms with van der Waals surface area (Å²) in [6.45, 7) is 6.16. The van der Waals surface area contributed by atoms with E-state index in [-0.39, 0.29) is 24.3 Å². The van der Waals surface area contributed by atoms with Crippen molar-refractivity contribution in [2.45, 2.75) is 59.0 Å². The van der Waals surface area contributed by atoms with Crippen molar-refractivity contribution in [3.05, 3.63) is 16.3 Å². The number of hydrogen-bond acceptors (Lipinski definition) is 7. The van der Waals surface area contributed by atoms with Crippen LogP contribution < -0.4 is 10.1 Å². The van der Waals surface area contributed by atoms with E-state index in [2.05, 4.69) is 22.2 Å². The number of rotatable bonds is 10. The highest BCUT2D eigenvalue weighted by molar-refractivity contribution is 7.20. The van der Waals surface area contributed by atoms with E-state index in [1.54, 1.807) is 19.1 Å². The summed E-state index contributed by atoms with van der Waals surface area (Å²) in [5, 5.41) is 3.82. The van der Waals surface area contributed by atoms with Crippen molar-refractivity contribution >= 4 is 33.4 Å². The van der Waals surface area contributed by atoms with Crippen molar-refractivity contribution in [3.8, 4) is 5.88 Å². The van der Waals surface area contributed by atoms with Gasteiger partial charge in [0.15, 0.2) is 5.82 Å². The molecule has 0 aromatic carbocycles. The van der Waals surface area contributed by atoms with Crippen LogP contribution >= 0.6 is 11.3 Å². The van der Waals surface area contributed by atoms with E-state index in [0.29, 0.717) is 41.0 Å². The molecule has 2 amide bonds. The molecule has 1 aliphatic rings. The number of fused-ring (bicyclic) bond motifs is 1. The van der Waals surface area contributed by atoms with Crippen LogP contribution in [0.3, 0.4) is 0 Å². The van der Waals surface area contributed by atoms with Gasteiger partial charge < -0.3 is 19.7 Å². The highest BCUT2D eigenvalue weighted by atomic mass is 32.1. The molecule has 3 heterocycles. The first-order valence-electron chi connectivity index (χ1n) is 11.4. The third-order valence-corrected chi connectivity index (χ3v) is 7.05. The molecule has 32 heavy (non-hydrogen) atoms. The number of nitrogens with one attached hydrogen (secondary N) is 1. The van der Waals surface area contributed by atoms with Gasteiger partial charge in [0.25, 0.3) is 5.91 Å². The number of carbonyl (C=O) groups excluding carboxylic acids is 2. The smallest absolute Gasteiger partial charge is 0.264 e. The van der Waals surface area contributed by atoms with Crippen LogP contribution in [-0.2, 0) is 16.1 Å². The molecular weight excluding hydrogens is 428 g/mol. The Morgan fingerprint density at radius 2 is 2.03 bits per heavy atom. The van der Waals surface area contributed by atoms with Gasteiger partial charge in [0.1, 0.15) is 11.4 Å². The lowest BCUT2D eigenvalue weighted by molar-refractivity contribution is -0.126. The Balaban J connectivity index is 1.72. The van der Waals surface area contributed by atoms with Gasteiger partial charge in [0.05, 0.1) is 23.3 Å². The van der Waals surface area contributed by atoms with E-state index in [9.17, 15) is 9.59 Å². The number of nitrogens with zero attached hydrogens (tertiary/aromatic N) is 3. The van der Waals surface area contributed by atoms with Crippen LogP contribution in [0.1, 0.15) is 66.5 Å². The SMILES string of the molecule is CCCCCCNC(=O)C1CCCN(C(=O)c2sc3nc(COC)nc(OC)c3c2C)C1. The molecule has 1 saturated heterocycles. The van der Waals surface area contributed by atoms with E-state index in [1.165, 1.54) is 24.2 Å². The van der Waals surface area contributed by atoms with Gasteiger partial charge in [0, 0.05) is 26.7 Å². The average Bonchev–Trinajstić information content (AvgIpc) is 3.14. The van der Waals surface area contributed by atoms with E-state index in [4.69, 9.17) is 9.47 Å². The third-order valence-electron chi connectivity index (χ3n) is 5.87. The monoisotopic (exact) mass is 462 g/mol. The Labute approximate surface area is 193 Å². The maximum Gasteiger partial charge on any atom is 0.264 e. The molecule has 1 aliphatic heterocycles. The first-order chi connectivity index (χ1) is 15.5. The zero-order valence-electron chi connectivity index (χ0n) is 19.5. The quantitative estimate of drug-likeness (QED) is 0.541. The fraction of sp³-hybridized carbons (Fsp3) is 0.652.